The highest BCUT2D eigenvalue weighted by atomic mass is 32.2. The molecule has 0 unspecified atom stereocenters. The molecule has 2 atom stereocenters. The van der Waals surface area contributed by atoms with E-state index in [1.807, 2.05) is 13.8 Å². The van der Waals surface area contributed by atoms with E-state index in [4.69, 9.17) is 4.74 Å². The molecule has 1 fully saturated rings. The van der Waals surface area contributed by atoms with Crippen molar-refractivity contribution in [3.05, 3.63) is 0 Å². The second kappa shape index (κ2) is 6.65. The lowest BCUT2D eigenvalue weighted by Gasteiger charge is -2.36. The summed E-state index contributed by atoms with van der Waals surface area (Å²) < 4.78 is 33.0. The number of carbonyl (C=O) groups is 1. The van der Waals surface area contributed by atoms with Crippen LogP contribution in [0.5, 0.6) is 0 Å². The number of morpholine rings is 1. The maximum Gasteiger partial charge on any atom is 0.282 e. The molecule has 0 aromatic carbocycles. The van der Waals surface area contributed by atoms with E-state index in [0.29, 0.717) is 13.1 Å². The van der Waals surface area contributed by atoms with E-state index in [1.54, 1.807) is 6.92 Å². The van der Waals surface area contributed by atoms with E-state index in [9.17, 15) is 13.2 Å². The molecule has 1 saturated heterocycles. The molecule has 1 aliphatic rings. The first kappa shape index (κ1) is 16.4. The Labute approximate surface area is 115 Å². The summed E-state index contributed by atoms with van der Waals surface area (Å²) in [6.07, 6.45) is -0.283. The van der Waals surface area contributed by atoms with Crippen molar-refractivity contribution < 1.29 is 17.9 Å². The second-order valence-corrected chi connectivity index (χ2v) is 6.61. The first-order valence-electron chi connectivity index (χ1n) is 6.42. The quantitative estimate of drug-likeness (QED) is 0.735. The Hall–Kier alpha value is -0.700. The zero-order chi connectivity index (χ0) is 14.6. The van der Waals surface area contributed by atoms with E-state index in [-0.39, 0.29) is 31.2 Å². The third-order valence-electron chi connectivity index (χ3n) is 2.99. The van der Waals surface area contributed by atoms with Crippen LogP contribution in [0.25, 0.3) is 0 Å². The average Bonchev–Trinajstić information content (AvgIpc) is 2.34. The minimum absolute atomic E-state index is 0.141. The van der Waals surface area contributed by atoms with Gasteiger partial charge in [0.15, 0.2) is 0 Å². The summed E-state index contributed by atoms with van der Waals surface area (Å²) in [5, 5.41) is 2.43. The number of ether oxygens (including phenoxy) is 1. The normalized spacial score (nSPS) is 25.5. The number of nitrogens with zero attached hydrogens (tertiary/aromatic N) is 2. The number of carbonyl (C=O) groups excluding carboxylic acids is 1. The Morgan fingerprint density at radius 3 is 2.32 bits per heavy atom. The SMILES string of the molecule is CCN(CC(=O)NC)S(=O)(=O)N1C[C@H](C)O[C@@H](C)C1. The van der Waals surface area contributed by atoms with Crippen LogP contribution >= 0.6 is 0 Å². The zero-order valence-electron chi connectivity index (χ0n) is 11.9. The minimum atomic E-state index is -3.62. The van der Waals surface area contributed by atoms with Crippen LogP contribution in [0.3, 0.4) is 0 Å². The van der Waals surface area contributed by atoms with Crippen LogP contribution in [0.4, 0.5) is 0 Å². The van der Waals surface area contributed by atoms with Crippen molar-refractivity contribution >= 4 is 16.1 Å². The number of hydrogen-bond donors (Lipinski definition) is 1. The van der Waals surface area contributed by atoms with Gasteiger partial charge in [0.1, 0.15) is 0 Å². The molecule has 7 nitrogen and oxygen atoms in total. The van der Waals surface area contributed by atoms with E-state index >= 15 is 0 Å². The van der Waals surface area contributed by atoms with Crippen molar-refractivity contribution in [2.45, 2.75) is 33.0 Å². The van der Waals surface area contributed by atoms with Gasteiger partial charge in [-0.25, -0.2) is 0 Å². The summed E-state index contributed by atoms with van der Waals surface area (Å²) >= 11 is 0. The van der Waals surface area contributed by atoms with Crippen LogP contribution in [-0.2, 0) is 19.7 Å². The molecule has 0 aromatic rings. The summed E-state index contributed by atoms with van der Waals surface area (Å²) in [6.45, 7) is 6.13. The summed E-state index contributed by atoms with van der Waals surface area (Å²) in [5.74, 6) is -0.320. The molecule has 0 aromatic heterocycles. The highest BCUT2D eigenvalue weighted by Gasteiger charge is 2.35. The van der Waals surface area contributed by atoms with Gasteiger partial charge in [-0.15, -0.1) is 0 Å². The fourth-order valence-electron chi connectivity index (χ4n) is 2.08. The Morgan fingerprint density at radius 2 is 1.89 bits per heavy atom. The van der Waals surface area contributed by atoms with Crippen LogP contribution in [-0.4, -0.2) is 68.4 Å². The highest BCUT2D eigenvalue weighted by Crippen LogP contribution is 2.17. The van der Waals surface area contributed by atoms with E-state index in [0.717, 1.165) is 0 Å². The van der Waals surface area contributed by atoms with Gasteiger partial charge in [0.25, 0.3) is 10.2 Å². The topological polar surface area (TPSA) is 79.0 Å². The van der Waals surface area contributed by atoms with E-state index in [2.05, 4.69) is 5.32 Å². The molecule has 1 heterocycles. The Bertz CT molecular complexity index is 402. The molecular formula is C11H23N3O4S. The van der Waals surface area contributed by atoms with Gasteiger partial charge >= 0.3 is 0 Å². The molecule has 0 aliphatic carbocycles. The van der Waals surface area contributed by atoms with Crippen molar-refractivity contribution in [3.8, 4) is 0 Å². The molecule has 8 heteroatoms. The van der Waals surface area contributed by atoms with Crippen molar-refractivity contribution in [2.75, 3.05) is 33.2 Å². The van der Waals surface area contributed by atoms with Gasteiger partial charge in [-0.1, -0.05) is 6.92 Å². The van der Waals surface area contributed by atoms with Gasteiger partial charge < -0.3 is 10.1 Å². The first-order valence-corrected chi connectivity index (χ1v) is 7.82. The van der Waals surface area contributed by atoms with Gasteiger partial charge in [-0.3, -0.25) is 4.79 Å². The summed E-state index contributed by atoms with van der Waals surface area (Å²) in [6, 6.07) is 0. The largest absolute Gasteiger partial charge is 0.373 e. The van der Waals surface area contributed by atoms with Gasteiger partial charge in [0, 0.05) is 26.7 Å². The number of amides is 1. The standard InChI is InChI=1S/C11H23N3O4S/c1-5-13(8-11(15)12-4)19(16,17)14-6-9(2)18-10(3)7-14/h9-10H,5-8H2,1-4H3,(H,12,15)/t9-,10-/m0/s1. The van der Waals surface area contributed by atoms with E-state index < -0.39 is 10.2 Å². The van der Waals surface area contributed by atoms with Crippen LogP contribution in [0.2, 0.25) is 0 Å². The number of likely N-dealkylation sites (N-methyl/N-ethyl adjacent to an activating group) is 2. The van der Waals surface area contributed by atoms with Gasteiger partial charge in [-0.05, 0) is 13.8 Å². The minimum Gasteiger partial charge on any atom is -0.373 e. The van der Waals surface area contributed by atoms with Gasteiger partial charge in [-0.2, -0.15) is 17.0 Å². The third kappa shape index (κ3) is 4.13. The molecule has 112 valence electrons. The first-order chi connectivity index (χ1) is 8.81. The summed E-state index contributed by atoms with van der Waals surface area (Å²) in [4.78, 5) is 11.4. The molecule has 0 radical (unpaired) electrons. The lowest BCUT2D eigenvalue weighted by Crippen LogP contribution is -2.54. The van der Waals surface area contributed by atoms with Gasteiger partial charge in [0.05, 0.1) is 18.8 Å². The molecule has 1 aliphatic heterocycles. The van der Waals surface area contributed by atoms with Crippen molar-refractivity contribution in [2.24, 2.45) is 0 Å². The molecule has 0 bridgehead atoms. The molecule has 19 heavy (non-hydrogen) atoms. The summed E-state index contributed by atoms with van der Waals surface area (Å²) in [7, 11) is -2.13. The highest BCUT2D eigenvalue weighted by molar-refractivity contribution is 7.86. The van der Waals surface area contributed by atoms with Crippen molar-refractivity contribution in [1.82, 2.24) is 13.9 Å². The van der Waals surface area contributed by atoms with Crippen LogP contribution in [0.1, 0.15) is 20.8 Å². The smallest absolute Gasteiger partial charge is 0.282 e. The van der Waals surface area contributed by atoms with E-state index in [1.165, 1.54) is 15.7 Å². The number of nitrogens with one attached hydrogen (secondary N) is 1. The van der Waals surface area contributed by atoms with Crippen molar-refractivity contribution in [3.63, 3.8) is 0 Å². The molecule has 0 saturated carbocycles. The molecule has 1 rings (SSSR count). The number of rotatable bonds is 5. The number of hydrogen-bond acceptors (Lipinski definition) is 4. The third-order valence-corrected chi connectivity index (χ3v) is 4.98. The lowest BCUT2D eigenvalue weighted by molar-refractivity contribution is -0.120. The maximum absolute atomic E-state index is 12.5. The summed E-state index contributed by atoms with van der Waals surface area (Å²) in [5.41, 5.74) is 0. The second-order valence-electron chi connectivity index (χ2n) is 4.68. The van der Waals surface area contributed by atoms with Gasteiger partial charge in [0.2, 0.25) is 5.91 Å². The fourth-order valence-corrected chi connectivity index (χ4v) is 3.81. The lowest BCUT2D eigenvalue weighted by atomic mass is 10.3. The maximum atomic E-state index is 12.5. The molecule has 0 spiro atoms. The van der Waals surface area contributed by atoms with Crippen LogP contribution in [0, 0.1) is 0 Å². The zero-order valence-corrected chi connectivity index (χ0v) is 12.7. The predicted molar refractivity (Wildman–Crippen MR) is 71.8 cm³/mol. The van der Waals surface area contributed by atoms with Crippen molar-refractivity contribution in [1.29, 1.82) is 0 Å². The Morgan fingerprint density at radius 1 is 1.37 bits per heavy atom. The Kier molecular flexibility index (Phi) is 5.72. The van der Waals surface area contributed by atoms with Crippen LogP contribution in [0.15, 0.2) is 0 Å². The molecular weight excluding hydrogens is 270 g/mol. The fraction of sp³-hybridized carbons (Fsp3) is 0.909. The molecule has 1 N–H and O–H groups in total. The van der Waals surface area contributed by atoms with Crippen LogP contribution < -0.4 is 5.32 Å². The molecule has 1 amide bonds. The average molecular weight is 293 g/mol. The predicted octanol–water partition coefficient (Wildman–Crippen LogP) is -0.592. The Balaban J connectivity index is 2.84. The monoisotopic (exact) mass is 293 g/mol.